The van der Waals surface area contributed by atoms with E-state index < -0.39 is 6.16 Å². The normalized spacial score (nSPS) is 8.14. The van der Waals surface area contributed by atoms with Crippen LogP contribution in [-0.4, -0.2) is 19.4 Å². The van der Waals surface area contributed by atoms with Crippen molar-refractivity contribution in [1.29, 1.82) is 0 Å². The zero-order valence-electron chi connectivity index (χ0n) is 8.78. The molecule has 5 heteroatoms. The summed E-state index contributed by atoms with van der Waals surface area (Å²) in [6.07, 6.45) is 3.34. The van der Waals surface area contributed by atoms with Crippen molar-refractivity contribution < 1.29 is 14.3 Å². The molecule has 0 heterocycles. The number of hydrogen-bond donors (Lipinski definition) is 0. The summed E-state index contributed by atoms with van der Waals surface area (Å²) in [5.74, 6) is 0. The summed E-state index contributed by atoms with van der Waals surface area (Å²) in [5, 5.41) is 0. The van der Waals surface area contributed by atoms with E-state index in [-0.39, 0.29) is 24.8 Å². The molecule has 0 aliphatic heterocycles. The molecule has 0 aliphatic carbocycles. The van der Waals surface area contributed by atoms with Gasteiger partial charge in [-0.15, -0.1) is 24.8 Å². The molecule has 0 radical (unpaired) electrons. The van der Waals surface area contributed by atoms with Gasteiger partial charge in [0.25, 0.3) is 0 Å². The van der Waals surface area contributed by atoms with Crippen LogP contribution in [-0.2, 0) is 9.47 Å². The van der Waals surface area contributed by atoms with Crippen LogP contribution in [0.4, 0.5) is 4.79 Å². The van der Waals surface area contributed by atoms with Gasteiger partial charge in [0.1, 0.15) is 0 Å². The van der Waals surface area contributed by atoms with Crippen molar-refractivity contribution in [2.45, 2.75) is 39.5 Å². The maximum atomic E-state index is 10.7. The summed E-state index contributed by atoms with van der Waals surface area (Å²) in [6.45, 7) is 5.04. The van der Waals surface area contributed by atoms with Crippen LogP contribution < -0.4 is 0 Å². The average Bonchev–Trinajstić information content (AvgIpc) is 2.06. The molecule has 0 unspecified atom stereocenters. The SMILES string of the molecule is CCCCOC(=O)OCCCC.Cl.Cl. The molecule has 0 aromatic heterocycles. The lowest BCUT2D eigenvalue weighted by molar-refractivity contribution is 0.0536. The molecule has 0 saturated heterocycles. The topological polar surface area (TPSA) is 35.5 Å². The van der Waals surface area contributed by atoms with Crippen molar-refractivity contribution in [2.24, 2.45) is 0 Å². The van der Waals surface area contributed by atoms with Gasteiger partial charge in [0.05, 0.1) is 13.2 Å². The molecule has 0 amide bonds. The second-order valence-corrected chi connectivity index (χ2v) is 2.65. The molecule has 0 bridgehead atoms. The van der Waals surface area contributed by atoms with Crippen molar-refractivity contribution in [3.05, 3.63) is 0 Å². The van der Waals surface area contributed by atoms with E-state index >= 15 is 0 Å². The first kappa shape index (κ1) is 19.4. The average molecular weight is 247 g/mol. The largest absolute Gasteiger partial charge is 0.508 e. The van der Waals surface area contributed by atoms with Crippen LogP contribution in [0.1, 0.15) is 39.5 Å². The van der Waals surface area contributed by atoms with Crippen molar-refractivity contribution in [2.75, 3.05) is 13.2 Å². The molecule has 0 aromatic rings. The number of rotatable bonds is 6. The van der Waals surface area contributed by atoms with Crippen molar-refractivity contribution in [3.63, 3.8) is 0 Å². The molecular weight excluding hydrogens is 227 g/mol. The molecule has 0 rings (SSSR count). The quantitative estimate of drug-likeness (QED) is 0.531. The van der Waals surface area contributed by atoms with E-state index in [1.807, 2.05) is 13.8 Å². The molecule has 0 aromatic carbocycles. The molecule has 0 spiro atoms. The van der Waals surface area contributed by atoms with Crippen LogP contribution in [0.5, 0.6) is 0 Å². The number of carbonyl (C=O) groups excluding carboxylic acids is 1. The Kier molecular flexibility index (Phi) is 21.3. The fourth-order valence-electron chi connectivity index (χ4n) is 0.641. The lowest BCUT2D eigenvalue weighted by Gasteiger charge is -2.04. The summed E-state index contributed by atoms with van der Waals surface area (Å²) in [7, 11) is 0. The molecule has 0 fully saturated rings. The summed E-state index contributed by atoms with van der Waals surface area (Å²) < 4.78 is 9.54. The van der Waals surface area contributed by atoms with Gasteiger partial charge >= 0.3 is 6.16 Å². The molecule has 0 N–H and O–H groups in total. The van der Waals surface area contributed by atoms with Gasteiger partial charge in [-0.25, -0.2) is 4.79 Å². The molecule has 14 heavy (non-hydrogen) atoms. The van der Waals surface area contributed by atoms with Crippen LogP contribution in [0.3, 0.4) is 0 Å². The van der Waals surface area contributed by atoms with Gasteiger partial charge in [-0.05, 0) is 12.8 Å². The first-order chi connectivity index (χ1) is 5.81. The Balaban J connectivity index is -0.000000605. The minimum Gasteiger partial charge on any atom is -0.434 e. The van der Waals surface area contributed by atoms with Gasteiger partial charge in [0, 0.05) is 0 Å². The van der Waals surface area contributed by atoms with E-state index in [0.29, 0.717) is 13.2 Å². The zero-order chi connectivity index (χ0) is 9.23. The van der Waals surface area contributed by atoms with Crippen molar-refractivity contribution >= 4 is 31.0 Å². The van der Waals surface area contributed by atoms with Gasteiger partial charge in [-0.3, -0.25) is 0 Å². The van der Waals surface area contributed by atoms with Gasteiger partial charge in [-0.2, -0.15) is 0 Å². The first-order valence-corrected chi connectivity index (χ1v) is 4.60. The monoisotopic (exact) mass is 246 g/mol. The number of ether oxygens (including phenoxy) is 2. The fraction of sp³-hybridized carbons (Fsp3) is 0.889. The molecule has 88 valence electrons. The number of unbranched alkanes of at least 4 members (excludes halogenated alkanes) is 2. The third kappa shape index (κ3) is 14.4. The van der Waals surface area contributed by atoms with E-state index in [9.17, 15) is 4.79 Å². The molecule has 0 aliphatic rings. The lowest BCUT2D eigenvalue weighted by atomic mass is 10.4. The van der Waals surface area contributed by atoms with Crippen LogP contribution in [0.25, 0.3) is 0 Å². The van der Waals surface area contributed by atoms with Crippen LogP contribution in [0.2, 0.25) is 0 Å². The second-order valence-electron chi connectivity index (χ2n) is 2.65. The van der Waals surface area contributed by atoms with E-state index in [0.717, 1.165) is 25.7 Å². The Labute approximate surface area is 98.4 Å². The predicted molar refractivity (Wildman–Crippen MR) is 61.6 cm³/mol. The number of halogens is 2. The first-order valence-electron chi connectivity index (χ1n) is 4.60. The highest BCUT2D eigenvalue weighted by atomic mass is 35.5. The van der Waals surface area contributed by atoms with Gasteiger partial charge in [0.15, 0.2) is 0 Å². The standard InChI is InChI=1S/C9H18O3.2ClH/c1-3-5-7-11-9(10)12-8-6-4-2;;/h3-8H2,1-2H3;2*1H. The highest BCUT2D eigenvalue weighted by molar-refractivity contribution is 5.85. The number of carbonyl (C=O) groups is 1. The summed E-state index contributed by atoms with van der Waals surface area (Å²) in [6, 6.07) is 0. The molecular formula is C9H20Cl2O3. The third-order valence-corrected chi connectivity index (χ3v) is 1.44. The fourth-order valence-corrected chi connectivity index (χ4v) is 0.641. The Hall–Kier alpha value is -0.150. The maximum absolute atomic E-state index is 10.7. The summed E-state index contributed by atoms with van der Waals surface area (Å²) in [5.41, 5.74) is 0. The summed E-state index contributed by atoms with van der Waals surface area (Å²) in [4.78, 5) is 10.7. The maximum Gasteiger partial charge on any atom is 0.508 e. The van der Waals surface area contributed by atoms with Crippen LogP contribution in [0.15, 0.2) is 0 Å². The summed E-state index contributed by atoms with van der Waals surface area (Å²) >= 11 is 0. The smallest absolute Gasteiger partial charge is 0.434 e. The van der Waals surface area contributed by atoms with E-state index in [2.05, 4.69) is 0 Å². The van der Waals surface area contributed by atoms with E-state index in [1.54, 1.807) is 0 Å². The third-order valence-electron chi connectivity index (χ3n) is 1.44. The second kappa shape index (κ2) is 15.3. The lowest BCUT2D eigenvalue weighted by Crippen LogP contribution is -2.09. The Bertz CT molecular complexity index is 109. The van der Waals surface area contributed by atoms with Crippen molar-refractivity contribution in [1.82, 2.24) is 0 Å². The Morgan fingerprint density at radius 3 is 1.57 bits per heavy atom. The van der Waals surface area contributed by atoms with Crippen LogP contribution >= 0.6 is 24.8 Å². The minimum absolute atomic E-state index is 0. The van der Waals surface area contributed by atoms with E-state index in [4.69, 9.17) is 9.47 Å². The van der Waals surface area contributed by atoms with Crippen molar-refractivity contribution in [3.8, 4) is 0 Å². The highest BCUT2D eigenvalue weighted by Gasteiger charge is 2.00. The minimum atomic E-state index is -0.531. The van der Waals surface area contributed by atoms with Crippen LogP contribution in [0, 0.1) is 0 Å². The van der Waals surface area contributed by atoms with Gasteiger partial charge in [0.2, 0.25) is 0 Å². The molecule has 0 saturated carbocycles. The molecule has 0 atom stereocenters. The molecule has 3 nitrogen and oxygen atoms in total. The predicted octanol–water partition coefficient (Wildman–Crippen LogP) is 3.58. The van der Waals surface area contributed by atoms with Gasteiger partial charge in [-0.1, -0.05) is 26.7 Å². The van der Waals surface area contributed by atoms with E-state index in [1.165, 1.54) is 0 Å². The van der Waals surface area contributed by atoms with Gasteiger partial charge < -0.3 is 9.47 Å². The Morgan fingerprint density at radius 2 is 1.29 bits per heavy atom. The zero-order valence-corrected chi connectivity index (χ0v) is 10.4. The highest BCUT2D eigenvalue weighted by Crippen LogP contribution is 1.93. The number of hydrogen-bond acceptors (Lipinski definition) is 3. The Morgan fingerprint density at radius 1 is 0.929 bits per heavy atom.